The zero-order valence-electron chi connectivity index (χ0n) is 13.1. The fourth-order valence-corrected chi connectivity index (χ4v) is 2.30. The number of methoxy groups -OCH3 is 1. The highest BCUT2D eigenvalue weighted by atomic mass is 16.5. The smallest absolute Gasteiger partial charge is 0.360 e. The van der Waals surface area contributed by atoms with Crippen molar-refractivity contribution in [3.63, 3.8) is 0 Å². The van der Waals surface area contributed by atoms with E-state index < -0.39 is 5.97 Å². The van der Waals surface area contributed by atoms with E-state index in [1.165, 1.54) is 13.2 Å². The third kappa shape index (κ3) is 3.57. The Balaban J connectivity index is 1.68. The molecule has 2 heterocycles. The third-order valence-corrected chi connectivity index (χ3v) is 3.55. The lowest BCUT2D eigenvalue weighted by Crippen LogP contribution is -2.18. The summed E-state index contributed by atoms with van der Waals surface area (Å²) in [5.41, 5.74) is 2.19. The average Bonchev–Trinajstić information content (AvgIpc) is 3.06. The van der Waals surface area contributed by atoms with Crippen LogP contribution in [0.1, 0.15) is 21.6 Å². The van der Waals surface area contributed by atoms with E-state index in [-0.39, 0.29) is 11.3 Å². The molecule has 24 heavy (non-hydrogen) atoms. The van der Waals surface area contributed by atoms with Gasteiger partial charge >= 0.3 is 5.97 Å². The monoisotopic (exact) mass is 324 g/mol. The van der Waals surface area contributed by atoms with Gasteiger partial charge in [-0.2, -0.15) is 0 Å². The van der Waals surface area contributed by atoms with Crippen molar-refractivity contribution in [3.8, 4) is 0 Å². The Hall–Kier alpha value is -3.22. The van der Waals surface area contributed by atoms with Crippen LogP contribution in [-0.2, 0) is 17.8 Å². The molecule has 0 aliphatic rings. The second kappa shape index (κ2) is 6.91. The van der Waals surface area contributed by atoms with E-state index in [1.807, 2.05) is 30.3 Å². The number of carbonyl (C=O) groups excluding carboxylic acids is 1. The van der Waals surface area contributed by atoms with Crippen LogP contribution in [0, 0.1) is 0 Å². The van der Waals surface area contributed by atoms with Gasteiger partial charge in [-0.05, 0) is 17.2 Å². The van der Waals surface area contributed by atoms with Gasteiger partial charge in [0.1, 0.15) is 0 Å². The van der Waals surface area contributed by atoms with Crippen molar-refractivity contribution in [2.75, 3.05) is 7.11 Å². The molecule has 0 saturated carbocycles. The van der Waals surface area contributed by atoms with Crippen molar-refractivity contribution < 1.29 is 9.53 Å². The highest BCUT2D eigenvalue weighted by Crippen LogP contribution is 2.08. The zero-order valence-corrected chi connectivity index (χ0v) is 13.1. The fraction of sp³-hybridized carbons (Fsp3) is 0.176. The summed E-state index contributed by atoms with van der Waals surface area (Å²) in [6.45, 7) is 1.02. The average molecular weight is 324 g/mol. The lowest BCUT2D eigenvalue weighted by Gasteiger charge is -2.06. The molecule has 0 radical (unpaired) electrons. The SMILES string of the molecule is COC(=O)c1cn(Cc2ccc(Cn3ccccc3=O)cc2)nn1. The first-order valence-electron chi connectivity index (χ1n) is 7.37. The number of aromatic nitrogens is 4. The summed E-state index contributed by atoms with van der Waals surface area (Å²) >= 11 is 0. The van der Waals surface area contributed by atoms with Gasteiger partial charge in [0.15, 0.2) is 5.69 Å². The lowest BCUT2D eigenvalue weighted by molar-refractivity contribution is 0.0594. The van der Waals surface area contributed by atoms with Gasteiger partial charge in [-0.1, -0.05) is 35.5 Å². The Morgan fingerprint density at radius 3 is 2.46 bits per heavy atom. The van der Waals surface area contributed by atoms with Crippen LogP contribution in [0.25, 0.3) is 0 Å². The molecule has 7 heteroatoms. The largest absolute Gasteiger partial charge is 0.464 e. The maximum Gasteiger partial charge on any atom is 0.360 e. The Labute approximate surface area is 138 Å². The fourth-order valence-electron chi connectivity index (χ4n) is 2.30. The summed E-state index contributed by atoms with van der Waals surface area (Å²) in [7, 11) is 1.30. The van der Waals surface area contributed by atoms with Gasteiger partial charge in [0.2, 0.25) is 0 Å². The van der Waals surface area contributed by atoms with Gasteiger partial charge in [-0.3, -0.25) is 4.79 Å². The van der Waals surface area contributed by atoms with E-state index in [2.05, 4.69) is 15.0 Å². The predicted molar refractivity (Wildman–Crippen MR) is 86.7 cm³/mol. The molecule has 0 bridgehead atoms. The molecule has 2 aromatic heterocycles. The van der Waals surface area contributed by atoms with Crippen LogP contribution < -0.4 is 5.56 Å². The maximum absolute atomic E-state index is 11.7. The van der Waals surface area contributed by atoms with Gasteiger partial charge in [-0.15, -0.1) is 5.10 Å². The quantitative estimate of drug-likeness (QED) is 0.662. The molecule has 3 rings (SSSR count). The first-order chi connectivity index (χ1) is 11.7. The number of ether oxygens (including phenoxy) is 1. The number of rotatable bonds is 5. The van der Waals surface area contributed by atoms with Crippen LogP contribution in [0.4, 0.5) is 0 Å². The number of carbonyl (C=O) groups is 1. The molecule has 0 aliphatic carbocycles. The van der Waals surface area contributed by atoms with Gasteiger partial charge in [0.05, 0.1) is 26.4 Å². The molecule has 3 aromatic rings. The van der Waals surface area contributed by atoms with E-state index in [9.17, 15) is 9.59 Å². The second-order valence-electron chi connectivity index (χ2n) is 5.28. The first kappa shape index (κ1) is 15.7. The first-order valence-corrected chi connectivity index (χ1v) is 7.37. The van der Waals surface area contributed by atoms with Crippen molar-refractivity contribution in [1.29, 1.82) is 0 Å². The molecule has 0 saturated heterocycles. The summed E-state index contributed by atoms with van der Waals surface area (Å²) in [6, 6.07) is 12.9. The minimum atomic E-state index is -0.509. The van der Waals surface area contributed by atoms with Gasteiger partial charge in [0, 0.05) is 12.3 Å². The standard InChI is InChI=1S/C17H16N4O3/c1-24-17(23)15-12-21(19-18-15)11-14-7-5-13(6-8-14)10-20-9-3-2-4-16(20)22/h2-9,12H,10-11H2,1H3. The minimum absolute atomic E-state index is 0.0282. The van der Waals surface area contributed by atoms with Crippen LogP contribution in [0.3, 0.4) is 0 Å². The van der Waals surface area contributed by atoms with E-state index in [0.29, 0.717) is 13.1 Å². The van der Waals surface area contributed by atoms with Crippen LogP contribution >= 0.6 is 0 Å². The van der Waals surface area contributed by atoms with E-state index in [1.54, 1.807) is 27.7 Å². The Bertz CT molecular complexity index is 896. The Morgan fingerprint density at radius 2 is 1.79 bits per heavy atom. The summed E-state index contributed by atoms with van der Waals surface area (Å²) < 4.78 is 7.82. The molecule has 0 amide bonds. The summed E-state index contributed by atoms with van der Waals surface area (Å²) in [6.07, 6.45) is 3.31. The number of hydrogen-bond acceptors (Lipinski definition) is 5. The topological polar surface area (TPSA) is 79.0 Å². The van der Waals surface area contributed by atoms with E-state index in [0.717, 1.165) is 11.1 Å². The number of benzene rings is 1. The molecule has 7 nitrogen and oxygen atoms in total. The maximum atomic E-state index is 11.7. The summed E-state index contributed by atoms with van der Waals surface area (Å²) in [5, 5.41) is 7.67. The molecule has 1 aromatic carbocycles. The number of esters is 1. The number of hydrogen-bond donors (Lipinski definition) is 0. The molecule has 0 fully saturated rings. The minimum Gasteiger partial charge on any atom is -0.464 e. The summed E-state index contributed by atoms with van der Waals surface area (Å²) in [4.78, 5) is 23.1. The molecular weight excluding hydrogens is 308 g/mol. The third-order valence-electron chi connectivity index (χ3n) is 3.55. The highest BCUT2D eigenvalue weighted by Gasteiger charge is 2.10. The normalized spacial score (nSPS) is 10.5. The number of nitrogens with zero attached hydrogens (tertiary/aromatic N) is 4. The molecule has 0 atom stereocenters. The van der Waals surface area contributed by atoms with E-state index in [4.69, 9.17) is 0 Å². The molecular formula is C17H16N4O3. The van der Waals surface area contributed by atoms with Gasteiger partial charge in [0.25, 0.3) is 5.56 Å². The second-order valence-corrected chi connectivity index (χ2v) is 5.28. The molecule has 0 N–H and O–H groups in total. The van der Waals surface area contributed by atoms with Gasteiger partial charge in [-0.25, -0.2) is 9.48 Å². The molecule has 0 aliphatic heterocycles. The predicted octanol–water partition coefficient (Wildman–Crippen LogP) is 1.32. The summed E-state index contributed by atoms with van der Waals surface area (Å²) in [5.74, 6) is -0.509. The van der Waals surface area contributed by atoms with Crippen LogP contribution in [-0.4, -0.2) is 32.6 Å². The zero-order chi connectivity index (χ0) is 16.9. The van der Waals surface area contributed by atoms with Crippen LogP contribution in [0.5, 0.6) is 0 Å². The Morgan fingerprint density at radius 1 is 1.08 bits per heavy atom. The molecule has 122 valence electrons. The van der Waals surface area contributed by atoms with Crippen LogP contribution in [0.15, 0.2) is 59.7 Å². The van der Waals surface area contributed by atoms with Crippen molar-refractivity contribution in [1.82, 2.24) is 19.6 Å². The van der Waals surface area contributed by atoms with E-state index >= 15 is 0 Å². The molecule has 0 spiro atoms. The lowest BCUT2D eigenvalue weighted by atomic mass is 10.1. The van der Waals surface area contributed by atoms with Crippen molar-refractivity contribution in [2.24, 2.45) is 0 Å². The Kier molecular flexibility index (Phi) is 4.51. The van der Waals surface area contributed by atoms with Crippen molar-refractivity contribution >= 4 is 5.97 Å². The molecule has 0 unspecified atom stereocenters. The van der Waals surface area contributed by atoms with Crippen molar-refractivity contribution in [3.05, 3.63) is 82.0 Å². The van der Waals surface area contributed by atoms with Crippen LogP contribution in [0.2, 0.25) is 0 Å². The van der Waals surface area contributed by atoms with Gasteiger partial charge < -0.3 is 9.30 Å². The highest BCUT2D eigenvalue weighted by molar-refractivity contribution is 5.86. The van der Waals surface area contributed by atoms with Crippen molar-refractivity contribution in [2.45, 2.75) is 13.1 Å². The number of pyridine rings is 1.